The highest BCUT2D eigenvalue weighted by Gasteiger charge is 2.31. The molecule has 2 rings (SSSR count). The SMILES string of the molecule is OCc1cc([C@H](O)CNCCCCCCOCC(F)(F)c2cccc(Br)c2)ccc1O. The third-order valence-corrected chi connectivity index (χ3v) is 5.41. The summed E-state index contributed by atoms with van der Waals surface area (Å²) in [5, 5.41) is 32.1. The van der Waals surface area contributed by atoms with Gasteiger partial charge in [0.2, 0.25) is 0 Å². The molecular weight excluding hydrogens is 472 g/mol. The van der Waals surface area contributed by atoms with E-state index in [2.05, 4.69) is 21.2 Å². The maximum Gasteiger partial charge on any atom is 0.296 e. The van der Waals surface area contributed by atoms with Crippen molar-refractivity contribution in [1.29, 1.82) is 0 Å². The lowest BCUT2D eigenvalue weighted by Gasteiger charge is -2.17. The van der Waals surface area contributed by atoms with E-state index in [9.17, 15) is 24.1 Å². The average molecular weight is 502 g/mol. The molecule has 0 radical (unpaired) electrons. The Bertz CT molecular complexity index is 807. The largest absolute Gasteiger partial charge is 0.508 e. The van der Waals surface area contributed by atoms with Crippen LogP contribution in [0, 0.1) is 0 Å². The molecule has 31 heavy (non-hydrogen) atoms. The predicted octanol–water partition coefficient (Wildman–Crippen LogP) is 4.64. The number of phenols is 1. The first kappa shape index (κ1) is 25.7. The molecule has 0 spiro atoms. The van der Waals surface area contributed by atoms with E-state index in [0.717, 1.165) is 25.8 Å². The number of ether oxygens (including phenoxy) is 1. The van der Waals surface area contributed by atoms with Crippen molar-refractivity contribution in [3.8, 4) is 5.75 Å². The summed E-state index contributed by atoms with van der Waals surface area (Å²) in [4.78, 5) is 0. The Morgan fingerprint density at radius 1 is 1.06 bits per heavy atom. The van der Waals surface area contributed by atoms with Crippen LogP contribution in [0.1, 0.15) is 48.5 Å². The average Bonchev–Trinajstić information content (AvgIpc) is 2.75. The van der Waals surface area contributed by atoms with Crippen LogP contribution < -0.4 is 5.32 Å². The van der Waals surface area contributed by atoms with Gasteiger partial charge in [-0.3, -0.25) is 0 Å². The van der Waals surface area contributed by atoms with Gasteiger partial charge in [-0.15, -0.1) is 0 Å². The number of aromatic hydroxyl groups is 1. The van der Waals surface area contributed by atoms with Crippen LogP contribution in [-0.2, 0) is 17.3 Å². The van der Waals surface area contributed by atoms with Crippen LogP contribution in [0.3, 0.4) is 0 Å². The van der Waals surface area contributed by atoms with Crippen LogP contribution in [0.25, 0.3) is 0 Å². The minimum Gasteiger partial charge on any atom is -0.508 e. The van der Waals surface area contributed by atoms with Crippen LogP contribution in [0.4, 0.5) is 8.78 Å². The van der Waals surface area contributed by atoms with Gasteiger partial charge in [0.25, 0.3) is 5.92 Å². The highest BCUT2D eigenvalue weighted by Crippen LogP contribution is 2.30. The second-order valence-corrected chi connectivity index (χ2v) is 8.36. The number of alkyl halides is 2. The Balaban J connectivity index is 1.52. The summed E-state index contributed by atoms with van der Waals surface area (Å²) in [6.07, 6.45) is 2.70. The zero-order chi connectivity index (χ0) is 22.7. The standard InChI is InChI=1S/C23H30BrF2NO4/c24-20-7-5-6-19(13-20)23(25,26)16-31-11-4-2-1-3-10-27-14-22(30)17-8-9-21(29)18(12-17)15-28/h5-9,12-13,22,27-30H,1-4,10-11,14-16H2/t22-/m1/s1. The molecule has 0 amide bonds. The lowest BCUT2D eigenvalue weighted by molar-refractivity contribution is -0.0831. The molecule has 0 aromatic heterocycles. The van der Waals surface area contributed by atoms with Crippen LogP contribution in [-0.4, -0.2) is 41.6 Å². The van der Waals surface area contributed by atoms with Crippen LogP contribution in [0.2, 0.25) is 0 Å². The second kappa shape index (κ2) is 13.1. The van der Waals surface area contributed by atoms with Crippen LogP contribution in [0.15, 0.2) is 46.9 Å². The third kappa shape index (κ3) is 8.82. The minimum atomic E-state index is -3.01. The summed E-state index contributed by atoms with van der Waals surface area (Å²) in [5.74, 6) is -3.00. The van der Waals surface area contributed by atoms with Gasteiger partial charge in [0.1, 0.15) is 12.4 Å². The molecule has 5 nitrogen and oxygen atoms in total. The Morgan fingerprint density at radius 2 is 1.84 bits per heavy atom. The van der Waals surface area contributed by atoms with Crippen LogP contribution >= 0.6 is 15.9 Å². The normalized spacial score (nSPS) is 12.8. The van der Waals surface area contributed by atoms with Gasteiger partial charge in [-0.25, -0.2) is 0 Å². The van der Waals surface area contributed by atoms with Gasteiger partial charge in [0.05, 0.1) is 12.7 Å². The number of halogens is 3. The highest BCUT2D eigenvalue weighted by atomic mass is 79.9. The van der Waals surface area contributed by atoms with Crippen molar-refractivity contribution in [3.63, 3.8) is 0 Å². The van der Waals surface area contributed by atoms with Crippen molar-refractivity contribution in [3.05, 3.63) is 63.6 Å². The number of aliphatic hydroxyl groups excluding tert-OH is 2. The number of unbranched alkanes of at least 4 members (excludes halogenated alkanes) is 3. The van der Waals surface area contributed by atoms with Gasteiger partial charge < -0.3 is 25.4 Å². The van der Waals surface area contributed by atoms with Crippen molar-refractivity contribution in [2.75, 3.05) is 26.3 Å². The van der Waals surface area contributed by atoms with E-state index in [1.54, 1.807) is 24.3 Å². The maximum atomic E-state index is 14.1. The van der Waals surface area contributed by atoms with Gasteiger partial charge in [-0.1, -0.05) is 47.0 Å². The molecule has 0 saturated carbocycles. The number of rotatable bonds is 14. The Labute approximate surface area is 190 Å². The van der Waals surface area contributed by atoms with E-state index in [1.165, 1.54) is 18.2 Å². The van der Waals surface area contributed by atoms with Crippen molar-refractivity contribution >= 4 is 15.9 Å². The number of hydrogen-bond donors (Lipinski definition) is 4. The summed E-state index contributed by atoms with van der Waals surface area (Å²) in [5.41, 5.74) is 0.953. The quantitative estimate of drug-likeness (QED) is 0.283. The number of nitrogens with one attached hydrogen (secondary N) is 1. The maximum absolute atomic E-state index is 14.1. The number of benzene rings is 2. The molecule has 0 saturated heterocycles. The van der Waals surface area contributed by atoms with Gasteiger partial charge >= 0.3 is 0 Å². The van der Waals surface area contributed by atoms with E-state index < -0.39 is 18.6 Å². The molecule has 0 aliphatic carbocycles. The molecule has 172 valence electrons. The lowest BCUT2D eigenvalue weighted by Crippen LogP contribution is -2.22. The summed E-state index contributed by atoms with van der Waals surface area (Å²) >= 11 is 3.20. The Kier molecular flexibility index (Phi) is 10.8. The topological polar surface area (TPSA) is 82.0 Å². The molecule has 0 bridgehead atoms. The van der Waals surface area contributed by atoms with Crippen molar-refractivity contribution in [2.24, 2.45) is 0 Å². The van der Waals surface area contributed by atoms with E-state index in [0.29, 0.717) is 35.2 Å². The second-order valence-electron chi connectivity index (χ2n) is 7.45. The summed E-state index contributed by atoms with van der Waals surface area (Å²) in [6.45, 7) is 0.473. The van der Waals surface area contributed by atoms with E-state index in [4.69, 9.17) is 4.74 Å². The first-order valence-corrected chi connectivity index (χ1v) is 11.2. The molecule has 0 aliphatic heterocycles. The molecule has 2 aromatic carbocycles. The highest BCUT2D eigenvalue weighted by molar-refractivity contribution is 9.10. The molecular formula is C23H30BrF2NO4. The lowest BCUT2D eigenvalue weighted by atomic mass is 10.1. The number of hydrogen-bond acceptors (Lipinski definition) is 5. The third-order valence-electron chi connectivity index (χ3n) is 4.92. The molecule has 8 heteroatoms. The van der Waals surface area contributed by atoms with Gasteiger partial charge in [-0.05, 0) is 49.2 Å². The zero-order valence-corrected chi connectivity index (χ0v) is 19.0. The number of aliphatic hydroxyl groups is 2. The first-order chi connectivity index (χ1) is 14.8. The van der Waals surface area contributed by atoms with E-state index >= 15 is 0 Å². The Hall–Kier alpha value is -1.58. The van der Waals surface area contributed by atoms with Crippen molar-refractivity contribution < 1.29 is 28.8 Å². The van der Waals surface area contributed by atoms with Gasteiger partial charge in [0.15, 0.2) is 0 Å². The molecule has 1 atom stereocenters. The fraction of sp³-hybridized carbons (Fsp3) is 0.478. The summed E-state index contributed by atoms with van der Waals surface area (Å²) < 4.78 is 34.0. The predicted molar refractivity (Wildman–Crippen MR) is 119 cm³/mol. The fourth-order valence-corrected chi connectivity index (χ4v) is 3.50. The molecule has 0 unspecified atom stereocenters. The fourth-order valence-electron chi connectivity index (χ4n) is 3.10. The van der Waals surface area contributed by atoms with Crippen molar-refractivity contribution in [1.82, 2.24) is 5.32 Å². The molecule has 0 fully saturated rings. The Morgan fingerprint density at radius 3 is 2.58 bits per heavy atom. The smallest absolute Gasteiger partial charge is 0.296 e. The van der Waals surface area contributed by atoms with Gasteiger partial charge in [0, 0.05) is 28.8 Å². The van der Waals surface area contributed by atoms with E-state index in [-0.39, 0.29) is 17.9 Å². The summed E-state index contributed by atoms with van der Waals surface area (Å²) in [7, 11) is 0. The molecule has 4 N–H and O–H groups in total. The van der Waals surface area contributed by atoms with Crippen molar-refractivity contribution in [2.45, 2.75) is 44.3 Å². The van der Waals surface area contributed by atoms with Gasteiger partial charge in [-0.2, -0.15) is 8.78 Å². The van der Waals surface area contributed by atoms with Crippen LogP contribution in [0.5, 0.6) is 5.75 Å². The first-order valence-electron chi connectivity index (χ1n) is 10.4. The molecule has 0 aliphatic rings. The minimum absolute atomic E-state index is 0.00671. The zero-order valence-electron chi connectivity index (χ0n) is 17.4. The molecule has 0 heterocycles. The monoisotopic (exact) mass is 501 g/mol. The van der Waals surface area contributed by atoms with E-state index in [1.807, 2.05) is 0 Å². The summed E-state index contributed by atoms with van der Waals surface area (Å²) in [6, 6.07) is 10.8. The molecule has 2 aromatic rings.